The van der Waals surface area contributed by atoms with Gasteiger partial charge in [0, 0.05) is 24.9 Å². The van der Waals surface area contributed by atoms with Crippen LogP contribution in [0.2, 0.25) is 0 Å². The van der Waals surface area contributed by atoms with Crippen molar-refractivity contribution in [2.75, 3.05) is 13.1 Å². The fourth-order valence-electron chi connectivity index (χ4n) is 5.45. The first-order chi connectivity index (χ1) is 16.2. The SMILES string of the molecule is CC(C)c1ccc(CC2(C)Cc3cc(C(=O)N(CC(=O)O)CC4CCCCC4)ccc3O2)cc1. The number of ether oxygens (including phenoxy) is 1. The van der Waals surface area contributed by atoms with E-state index in [2.05, 4.69) is 45.0 Å². The first kappa shape index (κ1) is 24.3. The lowest BCUT2D eigenvalue weighted by molar-refractivity contribution is -0.137. The van der Waals surface area contributed by atoms with E-state index in [1.807, 2.05) is 12.1 Å². The van der Waals surface area contributed by atoms with Crippen LogP contribution >= 0.6 is 0 Å². The second-order valence-electron chi connectivity index (χ2n) is 10.7. The summed E-state index contributed by atoms with van der Waals surface area (Å²) in [4.78, 5) is 26.3. The lowest BCUT2D eigenvalue weighted by Gasteiger charge is -2.29. The molecule has 1 aliphatic carbocycles. The number of amides is 1. The third-order valence-corrected chi connectivity index (χ3v) is 7.27. The molecule has 1 fully saturated rings. The molecule has 1 N–H and O–H groups in total. The van der Waals surface area contributed by atoms with E-state index in [1.54, 1.807) is 6.07 Å². The third kappa shape index (κ3) is 5.81. The standard InChI is InChI=1S/C29H37NO4/c1-20(2)23-11-9-21(10-12-23)16-29(3)17-25-15-24(13-14-26(25)34-29)28(33)30(19-27(31)32)18-22-7-5-4-6-8-22/h9-15,20,22H,4-8,16-19H2,1-3H3,(H,31,32). The van der Waals surface area contributed by atoms with Crippen molar-refractivity contribution in [3.05, 3.63) is 64.7 Å². The van der Waals surface area contributed by atoms with Gasteiger partial charge in [0.15, 0.2) is 0 Å². The van der Waals surface area contributed by atoms with Crippen molar-refractivity contribution in [1.82, 2.24) is 4.90 Å². The highest BCUT2D eigenvalue weighted by molar-refractivity contribution is 5.96. The minimum atomic E-state index is -0.968. The van der Waals surface area contributed by atoms with E-state index in [-0.39, 0.29) is 18.1 Å². The predicted octanol–water partition coefficient (Wildman–Crippen LogP) is 5.85. The molecule has 1 aliphatic heterocycles. The summed E-state index contributed by atoms with van der Waals surface area (Å²) in [6.45, 7) is 6.76. The molecule has 0 saturated heterocycles. The van der Waals surface area contributed by atoms with Gasteiger partial charge in [-0.15, -0.1) is 0 Å². The van der Waals surface area contributed by atoms with Crippen molar-refractivity contribution < 1.29 is 19.4 Å². The average Bonchev–Trinajstić information content (AvgIpc) is 3.13. The summed E-state index contributed by atoms with van der Waals surface area (Å²) in [7, 11) is 0. The Morgan fingerprint density at radius 2 is 1.79 bits per heavy atom. The Balaban J connectivity index is 1.46. The van der Waals surface area contributed by atoms with Gasteiger partial charge in [-0.05, 0) is 66.5 Å². The Kier molecular flexibility index (Phi) is 7.30. The topological polar surface area (TPSA) is 66.8 Å². The van der Waals surface area contributed by atoms with Crippen molar-refractivity contribution in [2.45, 2.75) is 77.2 Å². The number of aliphatic carboxylic acids is 1. The molecule has 2 aromatic carbocycles. The highest BCUT2D eigenvalue weighted by Crippen LogP contribution is 2.38. The summed E-state index contributed by atoms with van der Waals surface area (Å²) in [5.41, 5.74) is 3.75. The normalized spacial score (nSPS) is 20.1. The van der Waals surface area contributed by atoms with Crippen LogP contribution in [0, 0.1) is 5.92 Å². The number of carbonyl (C=O) groups excluding carboxylic acids is 1. The van der Waals surface area contributed by atoms with Crippen molar-refractivity contribution >= 4 is 11.9 Å². The lowest BCUT2D eigenvalue weighted by Crippen LogP contribution is -2.39. The number of nitrogens with zero attached hydrogens (tertiary/aromatic N) is 1. The summed E-state index contributed by atoms with van der Waals surface area (Å²) < 4.78 is 6.34. The highest BCUT2D eigenvalue weighted by atomic mass is 16.5. The van der Waals surface area contributed by atoms with Gasteiger partial charge in [-0.1, -0.05) is 57.4 Å². The zero-order valence-electron chi connectivity index (χ0n) is 20.7. The van der Waals surface area contributed by atoms with Gasteiger partial charge in [0.2, 0.25) is 0 Å². The van der Waals surface area contributed by atoms with E-state index in [1.165, 1.54) is 22.4 Å². The quantitative estimate of drug-likeness (QED) is 0.533. The Labute approximate surface area is 203 Å². The van der Waals surface area contributed by atoms with E-state index in [9.17, 15) is 14.7 Å². The fourth-order valence-corrected chi connectivity index (χ4v) is 5.45. The number of rotatable bonds is 8. The predicted molar refractivity (Wildman–Crippen MR) is 134 cm³/mol. The van der Waals surface area contributed by atoms with E-state index >= 15 is 0 Å². The number of carboxylic acids is 1. The van der Waals surface area contributed by atoms with Crippen molar-refractivity contribution in [1.29, 1.82) is 0 Å². The lowest BCUT2D eigenvalue weighted by atomic mass is 9.88. The van der Waals surface area contributed by atoms with Crippen LogP contribution < -0.4 is 4.74 Å². The van der Waals surface area contributed by atoms with E-state index in [0.29, 0.717) is 23.9 Å². The maximum Gasteiger partial charge on any atom is 0.323 e. The van der Waals surface area contributed by atoms with Crippen LogP contribution in [0.15, 0.2) is 42.5 Å². The summed E-state index contributed by atoms with van der Waals surface area (Å²) in [5, 5.41) is 9.41. The molecule has 1 atom stereocenters. The average molecular weight is 464 g/mol. The molecule has 5 heteroatoms. The maximum atomic E-state index is 13.3. The largest absolute Gasteiger partial charge is 0.487 e. The van der Waals surface area contributed by atoms with Crippen LogP contribution in [0.25, 0.3) is 0 Å². The summed E-state index contributed by atoms with van der Waals surface area (Å²) in [6, 6.07) is 14.3. The van der Waals surface area contributed by atoms with Crippen LogP contribution in [0.5, 0.6) is 5.75 Å². The summed E-state index contributed by atoms with van der Waals surface area (Å²) in [5.74, 6) is 0.542. The van der Waals surface area contributed by atoms with Crippen LogP contribution in [-0.2, 0) is 17.6 Å². The smallest absolute Gasteiger partial charge is 0.323 e. The number of hydrogen-bond donors (Lipinski definition) is 1. The maximum absolute atomic E-state index is 13.3. The zero-order chi connectivity index (χ0) is 24.3. The third-order valence-electron chi connectivity index (χ3n) is 7.27. The van der Waals surface area contributed by atoms with Crippen molar-refractivity contribution in [3.8, 4) is 5.75 Å². The van der Waals surface area contributed by atoms with E-state index in [4.69, 9.17) is 4.74 Å². The number of hydrogen-bond acceptors (Lipinski definition) is 3. The molecule has 5 nitrogen and oxygen atoms in total. The second-order valence-corrected chi connectivity index (χ2v) is 10.7. The molecular weight excluding hydrogens is 426 g/mol. The minimum absolute atomic E-state index is 0.200. The van der Waals surface area contributed by atoms with Gasteiger partial charge in [0.05, 0.1) is 0 Å². The molecule has 0 spiro atoms. The number of carbonyl (C=O) groups is 2. The molecular formula is C29H37NO4. The molecule has 1 unspecified atom stereocenters. The minimum Gasteiger partial charge on any atom is -0.487 e. The Hall–Kier alpha value is -2.82. The fraction of sp³-hybridized carbons (Fsp3) is 0.517. The molecule has 2 aromatic rings. The monoisotopic (exact) mass is 463 g/mol. The molecule has 1 amide bonds. The molecule has 0 bridgehead atoms. The van der Waals surface area contributed by atoms with Crippen molar-refractivity contribution in [2.24, 2.45) is 5.92 Å². The Bertz CT molecular complexity index is 1020. The molecule has 2 aliphatic rings. The molecule has 34 heavy (non-hydrogen) atoms. The van der Waals surface area contributed by atoms with Gasteiger partial charge in [-0.3, -0.25) is 9.59 Å². The van der Waals surface area contributed by atoms with E-state index in [0.717, 1.165) is 49.8 Å². The molecule has 182 valence electrons. The van der Waals surface area contributed by atoms with Gasteiger partial charge >= 0.3 is 5.97 Å². The van der Waals surface area contributed by atoms with Gasteiger partial charge in [-0.2, -0.15) is 0 Å². The Morgan fingerprint density at radius 3 is 2.44 bits per heavy atom. The molecule has 1 saturated carbocycles. The first-order valence-electron chi connectivity index (χ1n) is 12.6. The molecule has 0 aromatic heterocycles. The van der Waals surface area contributed by atoms with Gasteiger partial charge in [0.1, 0.15) is 17.9 Å². The van der Waals surface area contributed by atoms with Crippen molar-refractivity contribution in [3.63, 3.8) is 0 Å². The van der Waals surface area contributed by atoms with Crippen LogP contribution in [0.1, 0.15) is 85.8 Å². The first-order valence-corrected chi connectivity index (χ1v) is 12.6. The molecule has 4 rings (SSSR count). The van der Waals surface area contributed by atoms with E-state index < -0.39 is 5.97 Å². The second kappa shape index (κ2) is 10.2. The molecule has 0 radical (unpaired) electrons. The summed E-state index contributed by atoms with van der Waals surface area (Å²) in [6.07, 6.45) is 7.20. The van der Waals surface area contributed by atoms with Gasteiger partial charge in [-0.25, -0.2) is 0 Å². The number of fused-ring (bicyclic) bond motifs is 1. The number of carboxylic acid groups (broad SMARTS) is 1. The van der Waals surface area contributed by atoms with Gasteiger partial charge < -0.3 is 14.7 Å². The summed E-state index contributed by atoms with van der Waals surface area (Å²) >= 11 is 0. The zero-order valence-corrected chi connectivity index (χ0v) is 20.7. The van der Waals surface area contributed by atoms with Crippen LogP contribution in [0.3, 0.4) is 0 Å². The van der Waals surface area contributed by atoms with Crippen LogP contribution in [-0.4, -0.2) is 40.6 Å². The van der Waals surface area contributed by atoms with Crippen LogP contribution in [0.4, 0.5) is 0 Å². The highest BCUT2D eigenvalue weighted by Gasteiger charge is 2.36. The van der Waals surface area contributed by atoms with Gasteiger partial charge in [0.25, 0.3) is 5.91 Å². The molecule has 1 heterocycles. The Morgan fingerprint density at radius 1 is 1.09 bits per heavy atom. The number of benzene rings is 2.